The second-order valence-corrected chi connectivity index (χ2v) is 8.50. The van der Waals surface area contributed by atoms with Crippen LogP contribution in [-0.4, -0.2) is 74.1 Å². The van der Waals surface area contributed by atoms with Crippen LogP contribution in [0.15, 0.2) is 24.3 Å². The quantitative estimate of drug-likeness (QED) is 0.691. The van der Waals surface area contributed by atoms with Crippen LogP contribution in [0.25, 0.3) is 0 Å². The number of urea groups is 1. The molecule has 0 aromatic heterocycles. The van der Waals surface area contributed by atoms with Crippen molar-refractivity contribution in [3.8, 4) is 0 Å². The highest BCUT2D eigenvalue weighted by atomic mass is 32.2. The van der Waals surface area contributed by atoms with Gasteiger partial charge < -0.3 is 16.0 Å². The fourth-order valence-corrected chi connectivity index (χ4v) is 3.96. The Morgan fingerprint density at radius 3 is 2.33 bits per heavy atom. The van der Waals surface area contributed by atoms with Crippen LogP contribution < -0.4 is 11.1 Å². The number of hydrogen-bond donors (Lipinski definition) is 2. The molecule has 1 aromatic rings. The molecule has 1 aliphatic heterocycles. The fourth-order valence-electron chi connectivity index (χ4n) is 2.87. The maximum Gasteiger partial charge on any atom is 0.312 e. The second kappa shape index (κ2) is 8.63. The van der Waals surface area contributed by atoms with Gasteiger partial charge >= 0.3 is 6.03 Å². The first-order valence-electron chi connectivity index (χ1n) is 8.38. The first-order valence-corrected chi connectivity index (χ1v) is 9.78. The number of piperazine rings is 1. The lowest BCUT2D eigenvalue weighted by Gasteiger charge is -2.35. The van der Waals surface area contributed by atoms with Crippen LogP contribution in [0.1, 0.15) is 18.0 Å². The molecule has 1 fully saturated rings. The Hall–Kier alpha value is -2.24. The predicted molar refractivity (Wildman–Crippen MR) is 97.2 cm³/mol. The molecular formula is C16H24FN5O4S. The van der Waals surface area contributed by atoms with Gasteiger partial charge in [-0.1, -0.05) is 18.2 Å². The number of nitrogens with two attached hydrogens (primary N) is 1. The molecular weight excluding hydrogens is 377 g/mol. The zero-order valence-corrected chi connectivity index (χ0v) is 16.1. The van der Waals surface area contributed by atoms with E-state index in [0.29, 0.717) is 0 Å². The van der Waals surface area contributed by atoms with Crippen LogP contribution in [0.5, 0.6) is 0 Å². The van der Waals surface area contributed by atoms with E-state index in [2.05, 4.69) is 5.32 Å². The zero-order chi connectivity index (χ0) is 20.2. The summed E-state index contributed by atoms with van der Waals surface area (Å²) < 4.78 is 40.7. The minimum Gasteiger partial charge on any atom is -0.352 e. The Balaban J connectivity index is 2.05. The summed E-state index contributed by atoms with van der Waals surface area (Å²) in [5, 5.41) is 2.39. The number of primary amides is 1. The lowest BCUT2D eigenvalue weighted by atomic mass is 10.0. The summed E-state index contributed by atoms with van der Waals surface area (Å²) >= 11 is 0. The van der Waals surface area contributed by atoms with Gasteiger partial charge in [0.1, 0.15) is 5.82 Å². The van der Waals surface area contributed by atoms with Gasteiger partial charge in [-0.05, 0) is 6.07 Å². The monoisotopic (exact) mass is 401 g/mol. The molecule has 3 amide bonds. The Kier molecular flexibility index (Phi) is 6.73. The van der Waals surface area contributed by atoms with Crippen LogP contribution in [-0.2, 0) is 15.0 Å². The molecule has 0 aliphatic carbocycles. The van der Waals surface area contributed by atoms with Crippen LogP contribution >= 0.6 is 0 Å². The Morgan fingerprint density at radius 2 is 1.81 bits per heavy atom. The molecule has 3 N–H and O–H groups in total. The van der Waals surface area contributed by atoms with E-state index in [0.717, 1.165) is 4.31 Å². The van der Waals surface area contributed by atoms with Gasteiger partial charge in [-0.25, -0.2) is 9.18 Å². The van der Waals surface area contributed by atoms with Crippen molar-refractivity contribution in [2.24, 2.45) is 5.73 Å². The third-order valence-corrected chi connectivity index (χ3v) is 6.30. The zero-order valence-electron chi connectivity index (χ0n) is 15.3. The highest BCUT2D eigenvalue weighted by Crippen LogP contribution is 2.22. The molecule has 0 unspecified atom stereocenters. The molecule has 1 atom stereocenters. The SMILES string of the molecule is CN(C)S(=O)(=O)N1CCN(C(=O)C[C@@H](NC(N)=O)c2ccccc2F)CC1. The number of carbonyl (C=O) groups is 2. The molecule has 0 saturated carbocycles. The van der Waals surface area contributed by atoms with Crippen molar-refractivity contribution in [1.82, 2.24) is 18.8 Å². The number of carbonyl (C=O) groups excluding carboxylic acids is 2. The van der Waals surface area contributed by atoms with Gasteiger partial charge in [0.25, 0.3) is 10.2 Å². The van der Waals surface area contributed by atoms with E-state index in [4.69, 9.17) is 5.73 Å². The van der Waals surface area contributed by atoms with Gasteiger partial charge in [0.05, 0.1) is 12.5 Å². The van der Waals surface area contributed by atoms with Gasteiger partial charge in [0, 0.05) is 45.8 Å². The van der Waals surface area contributed by atoms with E-state index in [1.54, 1.807) is 6.07 Å². The Bertz CT molecular complexity index is 794. The topological polar surface area (TPSA) is 116 Å². The van der Waals surface area contributed by atoms with Gasteiger partial charge in [0.2, 0.25) is 5.91 Å². The third kappa shape index (κ3) is 5.15. The number of amides is 3. The van der Waals surface area contributed by atoms with Gasteiger partial charge in [-0.15, -0.1) is 0 Å². The maximum absolute atomic E-state index is 14.0. The van der Waals surface area contributed by atoms with Crippen LogP contribution in [0, 0.1) is 5.82 Å². The van der Waals surface area contributed by atoms with Crippen molar-refractivity contribution in [3.05, 3.63) is 35.6 Å². The number of rotatable bonds is 6. The second-order valence-electron chi connectivity index (χ2n) is 6.36. The number of benzene rings is 1. The molecule has 1 aliphatic rings. The highest BCUT2D eigenvalue weighted by molar-refractivity contribution is 7.86. The van der Waals surface area contributed by atoms with E-state index in [1.165, 1.54) is 41.5 Å². The Morgan fingerprint density at radius 1 is 1.22 bits per heavy atom. The summed E-state index contributed by atoms with van der Waals surface area (Å²) in [6.07, 6.45) is -0.176. The van der Waals surface area contributed by atoms with Gasteiger partial charge in [-0.2, -0.15) is 17.0 Å². The third-order valence-electron chi connectivity index (χ3n) is 4.35. The number of halogens is 1. The van der Waals surface area contributed by atoms with Crippen molar-refractivity contribution >= 4 is 22.1 Å². The normalized spacial score (nSPS) is 17.0. The minimum absolute atomic E-state index is 0.165. The summed E-state index contributed by atoms with van der Waals surface area (Å²) in [5.74, 6) is -0.871. The largest absolute Gasteiger partial charge is 0.352 e. The minimum atomic E-state index is -3.53. The first-order chi connectivity index (χ1) is 12.6. The summed E-state index contributed by atoms with van der Waals surface area (Å²) in [5.41, 5.74) is 5.32. The Labute approximate surface area is 158 Å². The molecule has 1 heterocycles. The first kappa shape index (κ1) is 21.1. The molecule has 1 saturated heterocycles. The van der Waals surface area contributed by atoms with E-state index < -0.39 is 28.1 Å². The molecule has 0 spiro atoms. The molecule has 9 nitrogen and oxygen atoms in total. The van der Waals surface area contributed by atoms with Crippen molar-refractivity contribution < 1.29 is 22.4 Å². The van der Waals surface area contributed by atoms with Gasteiger partial charge in [0.15, 0.2) is 0 Å². The smallest absolute Gasteiger partial charge is 0.312 e. The molecule has 1 aromatic carbocycles. The fraction of sp³-hybridized carbons (Fsp3) is 0.500. The highest BCUT2D eigenvalue weighted by Gasteiger charge is 2.31. The van der Waals surface area contributed by atoms with Gasteiger partial charge in [-0.3, -0.25) is 4.79 Å². The van der Waals surface area contributed by atoms with Crippen molar-refractivity contribution in [1.29, 1.82) is 0 Å². The summed E-state index contributed by atoms with van der Waals surface area (Å²) in [7, 11) is -0.639. The number of nitrogens with zero attached hydrogens (tertiary/aromatic N) is 3. The van der Waals surface area contributed by atoms with Crippen LogP contribution in [0.2, 0.25) is 0 Å². The lowest BCUT2D eigenvalue weighted by Crippen LogP contribution is -2.53. The van der Waals surface area contributed by atoms with E-state index in [1.807, 2.05) is 0 Å². The molecule has 150 valence electrons. The average Bonchev–Trinajstić information content (AvgIpc) is 2.61. The molecule has 2 rings (SSSR count). The predicted octanol–water partition coefficient (Wildman–Crippen LogP) is -0.124. The van der Waals surface area contributed by atoms with E-state index in [9.17, 15) is 22.4 Å². The molecule has 0 radical (unpaired) electrons. The molecule has 0 bridgehead atoms. The summed E-state index contributed by atoms with van der Waals surface area (Å²) in [4.78, 5) is 25.4. The molecule has 11 heteroatoms. The van der Waals surface area contributed by atoms with Crippen molar-refractivity contribution in [3.63, 3.8) is 0 Å². The van der Waals surface area contributed by atoms with Crippen molar-refractivity contribution in [2.75, 3.05) is 40.3 Å². The standard InChI is InChI=1S/C16H24FN5O4S/c1-20(2)27(25,26)22-9-7-21(8-10-22)15(23)11-14(19-16(18)24)12-5-3-4-6-13(12)17/h3-6,14H,7-11H2,1-2H3,(H3,18,19,24)/t14-/m1/s1. The number of nitrogens with one attached hydrogen (secondary N) is 1. The summed E-state index contributed by atoms with van der Waals surface area (Å²) in [6.45, 7) is 0.763. The van der Waals surface area contributed by atoms with E-state index in [-0.39, 0.29) is 44.1 Å². The maximum atomic E-state index is 14.0. The number of hydrogen-bond acceptors (Lipinski definition) is 4. The van der Waals surface area contributed by atoms with Crippen molar-refractivity contribution in [2.45, 2.75) is 12.5 Å². The summed E-state index contributed by atoms with van der Waals surface area (Å²) in [6, 6.07) is 4.05. The average molecular weight is 401 g/mol. The van der Waals surface area contributed by atoms with E-state index >= 15 is 0 Å². The lowest BCUT2D eigenvalue weighted by molar-refractivity contribution is -0.132. The molecule has 27 heavy (non-hydrogen) atoms. The van der Waals surface area contributed by atoms with Crippen LogP contribution in [0.4, 0.5) is 9.18 Å². The van der Waals surface area contributed by atoms with Crippen LogP contribution in [0.3, 0.4) is 0 Å².